The van der Waals surface area contributed by atoms with Gasteiger partial charge in [0, 0.05) is 30.4 Å². The highest BCUT2D eigenvalue weighted by molar-refractivity contribution is 5.94. The number of nitrogens with zero attached hydrogens (tertiary/aromatic N) is 4. The predicted octanol–water partition coefficient (Wildman–Crippen LogP) is 3.60. The molecule has 2 aromatic heterocycles. The highest BCUT2D eigenvalue weighted by atomic mass is 16.2. The number of rotatable bonds is 4. The van der Waals surface area contributed by atoms with Gasteiger partial charge in [-0.1, -0.05) is 24.6 Å². The van der Waals surface area contributed by atoms with Crippen molar-refractivity contribution in [1.29, 1.82) is 0 Å². The number of imidazole rings is 1. The lowest BCUT2D eigenvalue weighted by molar-refractivity contribution is 0.0944. The van der Waals surface area contributed by atoms with Crippen molar-refractivity contribution in [3.63, 3.8) is 0 Å². The first-order valence-corrected chi connectivity index (χ1v) is 10.8. The Bertz CT molecular complexity index is 994. The standard InChI is InChI=1S/C23H27N5O/c29-23(24-15-17-16-27-14-8-7-13-21(27)25-17)22-19-11-5-2-6-12-20(19)28(26-22)18-9-3-1-4-10-18/h1,3-4,9-10,16H,2,5-8,11-15H2,(H,24,29). The van der Waals surface area contributed by atoms with Crippen LogP contribution in [0.1, 0.15) is 65.4 Å². The van der Waals surface area contributed by atoms with Crippen LogP contribution in [-0.4, -0.2) is 25.2 Å². The molecule has 0 bridgehead atoms. The molecule has 3 aromatic rings. The number of carbonyl (C=O) groups is 1. The van der Waals surface area contributed by atoms with E-state index in [4.69, 9.17) is 10.1 Å². The molecule has 150 valence electrons. The van der Waals surface area contributed by atoms with E-state index in [-0.39, 0.29) is 5.91 Å². The van der Waals surface area contributed by atoms with Crippen LogP contribution in [0.3, 0.4) is 0 Å². The van der Waals surface area contributed by atoms with Gasteiger partial charge >= 0.3 is 0 Å². The number of aromatic nitrogens is 4. The summed E-state index contributed by atoms with van der Waals surface area (Å²) in [6.07, 6.45) is 10.9. The van der Waals surface area contributed by atoms with Gasteiger partial charge in [-0.15, -0.1) is 0 Å². The van der Waals surface area contributed by atoms with Crippen LogP contribution in [0.5, 0.6) is 0 Å². The Labute approximate surface area is 171 Å². The topological polar surface area (TPSA) is 64.7 Å². The molecule has 29 heavy (non-hydrogen) atoms. The predicted molar refractivity (Wildman–Crippen MR) is 111 cm³/mol. The summed E-state index contributed by atoms with van der Waals surface area (Å²) in [5, 5.41) is 7.83. The Balaban J connectivity index is 1.40. The number of hydrogen-bond acceptors (Lipinski definition) is 3. The van der Waals surface area contributed by atoms with E-state index < -0.39 is 0 Å². The van der Waals surface area contributed by atoms with Gasteiger partial charge in [0.15, 0.2) is 5.69 Å². The Kier molecular flexibility index (Phi) is 4.92. The summed E-state index contributed by atoms with van der Waals surface area (Å²) in [6.45, 7) is 1.48. The van der Waals surface area contributed by atoms with Gasteiger partial charge in [-0.05, 0) is 50.7 Å². The Morgan fingerprint density at radius 2 is 1.83 bits per heavy atom. The molecule has 0 saturated carbocycles. The van der Waals surface area contributed by atoms with Crippen LogP contribution in [0.15, 0.2) is 36.5 Å². The van der Waals surface area contributed by atoms with Crippen LogP contribution in [0, 0.1) is 0 Å². The minimum atomic E-state index is -0.0937. The molecule has 1 aliphatic carbocycles. The number of amides is 1. The second kappa shape index (κ2) is 7.85. The van der Waals surface area contributed by atoms with Gasteiger partial charge in [0.25, 0.3) is 5.91 Å². The third-order valence-electron chi connectivity index (χ3n) is 6.03. The number of hydrogen-bond donors (Lipinski definition) is 1. The minimum absolute atomic E-state index is 0.0937. The molecule has 0 saturated heterocycles. The van der Waals surface area contributed by atoms with E-state index in [1.165, 1.54) is 25.0 Å². The normalized spacial score (nSPS) is 16.0. The molecule has 1 N–H and O–H groups in total. The van der Waals surface area contributed by atoms with E-state index in [1.807, 2.05) is 22.9 Å². The molecule has 3 heterocycles. The molecule has 1 aromatic carbocycles. The van der Waals surface area contributed by atoms with E-state index in [2.05, 4.69) is 28.2 Å². The molecule has 6 nitrogen and oxygen atoms in total. The van der Waals surface area contributed by atoms with Crippen LogP contribution in [0.25, 0.3) is 5.69 Å². The van der Waals surface area contributed by atoms with Gasteiger partial charge in [-0.3, -0.25) is 4.79 Å². The summed E-state index contributed by atoms with van der Waals surface area (Å²) in [4.78, 5) is 17.8. The first-order valence-electron chi connectivity index (χ1n) is 10.8. The lowest BCUT2D eigenvalue weighted by atomic mass is 10.1. The van der Waals surface area contributed by atoms with E-state index in [9.17, 15) is 4.79 Å². The van der Waals surface area contributed by atoms with Gasteiger partial charge in [0.2, 0.25) is 0 Å². The van der Waals surface area contributed by atoms with Crippen molar-refractivity contribution in [1.82, 2.24) is 24.6 Å². The van der Waals surface area contributed by atoms with E-state index in [0.29, 0.717) is 12.2 Å². The monoisotopic (exact) mass is 389 g/mol. The fourth-order valence-electron chi connectivity index (χ4n) is 4.55. The van der Waals surface area contributed by atoms with Crippen molar-refractivity contribution < 1.29 is 4.79 Å². The van der Waals surface area contributed by atoms with Crippen molar-refractivity contribution in [2.24, 2.45) is 0 Å². The summed E-state index contributed by atoms with van der Waals surface area (Å²) in [5.74, 6) is 1.05. The van der Waals surface area contributed by atoms with Crippen LogP contribution < -0.4 is 5.32 Å². The van der Waals surface area contributed by atoms with Gasteiger partial charge < -0.3 is 9.88 Å². The summed E-state index contributed by atoms with van der Waals surface area (Å²) in [7, 11) is 0. The van der Waals surface area contributed by atoms with Crippen molar-refractivity contribution >= 4 is 5.91 Å². The molecule has 5 rings (SSSR count). The molecule has 0 atom stereocenters. The molecule has 2 aliphatic rings. The summed E-state index contributed by atoms with van der Waals surface area (Å²) in [6, 6.07) is 10.1. The minimum Gasteiger partial charge on any atom is -0.345 e. The zero-order valence-electron chi connectivity index (χ0n) is 16.7. The third kappa shape index (κ3) is 3.59. The van der Waals surface area contributed by atoms with Gasteiger partial charge in [-0.25, -0.2) is 9.67 Å². The zero-order valence-corrected chi connectivity index (χ0v) is 16.7. The Morgan fingerprint density at radius 1 is 1.00 bits per heavy atom. The smallest absolute Gasteiger partial charge is 0.272 e. The number of para-hydroxylation sites is 1. The zero-order chi connectivity index (χ0) is 19.6. The van der Waals surface area contributed by atoms with Gasteiger partial charge in [0.1, 0.15) is 5.82 Å². The second-order valence-corrected chi connectivity index (χ2v) is 8.06. The molecule has 1 aliphatic heterocycles. The average Bonchev–Trinajstić information content (AvgIpc) is 3.25. The van der Waals surface area contributed by atoms with Gasteiger partial charge in [0.05, 0.1) is 17.9 Å². The average molecular weight is 390 g/mol. The number of carbonyl (C=O) groups excluding carboxylic acids is 1. The van der Waals surface area contributed by atoms with Crippen LogP contribution in [0.2, 0.25) is 0 Å². The maximum Gasteiger partial charge on any atom is 0.272 e. The summed E-state index contributed by atoms with van der Waals surface area (Å²) >= 11 is 0. The van der Waals surface area contributed by atoms with Crippen molar-refractivity contribution in [3.8, 4) is 5.69 Å². The van der Waals surface area contributed by atoms with E-state index in [0.717, 1.165) is 61.4 Å². The Hall–Kier alpha value is -2.89. The number of benzene rings is 1. The molecule has 0 spiro atoms. The van der Waals surface area contributed by atoms with Crippen LogP contribution in [-0.2, 0) is 32.4 Å². The first-order chi connectivity index (χ1) is 14.3. The number of nitrogens with one attached hydrogen (secondary N) is 1. The van der Waals surface area contributed by atoms with Gasteiger partial charge in [-0.2, -0.15) is 5.10 Å². The van der Waals surface area contributed by atoms with E-state index in [1.54, 1.807) is 0 Å². The number of aryl methyl sites for hydroxylation is 2. The molecular formula is C23H27N5O. The summed E-state index contributed by atoms with van der Waals surface area (Å²) < 4.78 is 4.20. The summed E-state index contributed by atoms with van der Waals surface area (Å²) in [5.41, 5.74) is 4.84. The molecule has 6 heteroatoms. The highest BCUT2D eigenvalue weighted by Crippen LogP contribution is 2.26. The van der Waals surface area contributed by atoms with Crippen molar-refractivity contribution in [3.05, 3.63) is 65.0 Å². The largest absolute Gasteiger partial charge is 0.345 e. The quantitative estimate of drug-likeness (QED) is 0.694. The first kappa shape index (κ1) is 18.2. The lowest BCUT2D eigenvalue weighted by Crippen LogP contribution is -2.24. The fourth-order valence-corrected chi connectivity index (χ4v) is 4.55. The Morgan fingerprint density at radius 3 is 2.69 bits per heavy atom. The number of fused-ring (bicyclic) bond motifs is 2. The molecule has 1 amide bonds. The van der Waals surface area contributed by atoms with Crippen molar-refractivity contribution in [2.75, 3.05) is 0 Å². The van der Waals surface area contributed by atoms with E-state index >= 15 is 0 Å². The third-order valence-corrected chi connectivity index (χ3v) is 6.03. The second-order valence-electron chi connectivity index (χ2n) is 8.06. The molecule has 0 radical (unpaired) electrons. The fraction of sp³-hybridized carbons (Fsp3) is 0.435. The maximum absolute atomic E-state index is 13.1. The van der Waals surface area contributed by atoms with Crippen LogP contribution in [0.4, 0.5) is 0 Å². The molecular weight excluding hydrogens is 362 g/mol. The molecule has 0 unspecified atom stereocenters. The maximum atomic E-state index is 13.1. The molecule has 0 fully saturated rings. The SMILES string of the molecule is O=C(NCc1cn2c(n1)CCCC2)c1nn(-c2ccccc2)c2c1CCCCC2. The lowest BCUT2D eigenvalue weighted by Gasteiger charge is -2.11. The van der Waals surface area contributed by atoms with Crippen molar-refractivity contribution in [2.45, 2.75) is 64.5 Å². The highest BCUT2D eigenvalue weighted by Gasteiger charge is 2.25. The van der Waals surface area contributed by atoms with Crippen LogP contribution >= 0.6 is 0 Å².